The number of nitrogens with zero attached hydrogens (tertiary/aromatic N) is 1. The van der Waals surface area contributed by atoms with E-state index in [4.69, 9.17) is 4.74 Å². The Bertz CT molecular complexity index is 630. The number of thiophene rings is 1. The largest absolute Gasteiger partial charge is 0.492 e. The van der Waals surface area contributed by atoms with E-state index in [0.29, 0.717) is 12.5 Å². The summed E-state index contributed by atoms with van der Waals surface area (Å²) in [7, 11) is 0. The molecule has 3 rings (SSSR count). The van der Waals surface area contributed by atoms with Crippen LogP contribution in [0.15, 0.2) is 41.8 Å². The molecule has 1 aliphatic heterocycles. The van der Waals surface area contributed by atoms with E-state index in [1.807, 2.05) is 23.3 Å². The quantitative estimate of drug-likeness (QED) is 0.821. The third kappa shape index (κ3) is 3.94. The third-order valence-corrected chi connectivity index (χ3v) is 5.28. The van der Waals surface area contributed by atoms with Gasteiger partial charge in [-0.1, -0.05) is 30.3 Å². The van der Waals surface area contributed by atoms with E-state index >= 15 is 0 Å². The molecule has 3 nitrogen and oxygen atoms in total. The van der Waals surface area contributed by atoms with Crippen molar-refractivity contribution in [2.24, 2.45) is 5.92 Å². The number of likely N-dealkylation sites (tertiary alicyclic amines) is 1. The zero-order valence-electron chi connectivity index (χ0n) is 13.5. The summed E-state index contributed by atoms with van der Waals surface area (Å²) in [6.07, 6.45) is 3.28. The minimum atomic E-state index is 0.126. The Morgan fingerprint density at radius 3 is 2.65 bits per heavy atom. The van der Waals surface area contributed by atoms with E-state index in [0.717, 1.165) is 43.0 Å². The molecule has 0 atom stereocenters. The summed E-state index contributed by atoms with van der Waals surface area (Å²) in [4.78, 5) is 15.4. The van der Waals surface area contributed by atoms with Gasteiger partial charge in [0.1, 0.15) is 10.6 Å². The van der Waals surface area contributed by atoms with Gasteiger partial charge in [0.25, 0.3) is 5.91 Å². The normalized spacial score (nSPS) is 15.6. The highest BCUT2D eigenvalue weighted by atomic mass is 32.1. The Labute approximate surface area is 141 Å². The van der Waals surface area contributed by atoms with Crippen molar-refractivity contribution in [2.45, 2.75) is 26.2 Å². The molecular formula is C19H23NO2S. The van der Waals surface area contributed by atoms with Gasteiger partial charge in [0.05, 0.1) is 6.61 Å². The van der Waals surface area contributed by atoms with Gasteiger partial charge in [-0.15, -0.1) is 11.3 Å². The lowest BCUT2D eigenvalue weighted by Gasteiger charge is -2.32. The molecule has 0 unspecified atom stereocenters. The fourth-order valence-corrected chi connectivity index (χ4v) is 3.95. The van der Waals surface area contributed by atoms with Crippen LogP contribution in [0.4, 0.5) is 0 Å². The topological polar surface area (TPSA) is 29.5 Å². The zero-order chi connectivity index (χ0) is 16.1. The smallest absolute Gasteiger partial charge is 0.267 e. The average Bonchev–Trinajstić information content (AvgIpc) is 3.04. The predicted octanol–water partition coefficient (Wildman–Crippen LogP) is 4.24. The van der Waals surface area contributed by atoms with Gasteiger partial charge in [0, 0.05) is 13.1 Å². The fourth-order valence-electron chi connectivity index (χ4n) is 3.15. The summed E-state index contributed by atoms with van der Waals surface area (Å²) in [5.74, 6) is 1.53. The molecule has 2 heterocycles. The molecule has 1 aromatic carbocycles. The number of hydrogen-bond acceptors (Lipinski definition) is 3. The van der Waals surface area contributed by atoms with Crippen LogP contribution in [0.5, 0.6) is 5.75 Å². The van der Waals surface area contributed by atoms with Crippen LogP contribution in [0.2, 0.25) is 0 Å². The van der Waals surface area contributed by atoms with Crippen molar-refractivity contribution in [2.75, 3.05) is 19.7 Å². The molecule has 1 fully saturated rings. The molecule has 4 heteroatoms. The number of rotatable bonds is 5. The summed E-state index contributed by atoms with van der Waals surface area (Å²) >= 11 is 1.48. The Balaban J connectivity index is 1.56. The molecule has 0 bridgehead atoms. The number of benzene rings is 1. The van der Waals surface area contributed by atoms with Crippen molar-refractivity contribution in [3.63, 3.8) is 0 Å². The SMILES string of the molecule is CCOc1ccsc1C(=O)N1CCC(Cc2ccccc2)CC1. The lowest BCUT2D eigenvalue weighted by Crippen LogP contribution is -2.38. The molecule has 1 amide bonds. The van der Waals surface area contributed by atoms with Gasteiger partial charge in [-0.2, -0.15) is 0 Å². The third-order valence-electron chi connectivity index (χ3n) is 4.39. The first-order valence-electron chi connectivity index (χ1n) is 8.31. The number of carbonyl (C=O) groups excluding carboxylic acids is 1. The van der Waals surface area contributed by atoms with E-state index in [1.165, 1.54) is 16.9 Å². The Hall–Kier alpha value is -1.81. The van der Waals surface area contributed by atoms with Crippen molar-refractivity contribution in [1.82, 2.24) is 4.90 Å². The van der Waals surface area contributed by atoms with E-state index in [1.54, 1.807) is 0 Å². The van der Waals surface area contributed by atoms with Gasteiger partial charge in [-0.05, 0) is 49.1 Å². The summed E-state index contributed by atoms with van der Waals surface area (Å²) in [5.41, 5.74) is 1.40. The molecular weight excluding hydrogens is 306 g/mol. The van der Waals surface area contributed by atoms with Gasteiger partial charge in [-0.25, -0.2) is 0 Å². The monoisotopic (exact) mass is 329 g/mol. The number of hydrogen-bond donors (Lipinski definition) is 0. The summed E-state index contributed by atoms with van der Waals surface area (Å²) < 4.78 is 5.55. The van der Waals surface area contributed by atoms with Gasteiger partial charge in [-0.3, -0.25) is 4.79 Å². The van der Waals surface area contributed by atoms with Crippen LogP contribution in [0, 0.1) is 5.92 Å². The second kappa shape index (κ2) is 7.64. The number of piperidine rings is 1. The molecule has 0 spiro atoms. The lowest BCUT2D eigenvalue weighted by atomic mass is 9.90. The van der Waals surface area contributed by atoms with Crippen LogP contribution in [-0.4, -0.2) is 30.5 Å². The molecule has 1 aliphatic rings. The van der Waals surface area contributed by atoms with Crippen LogP contribution in [0.1, 0.15) is 35.0 Å². The summed E-state index contributed by atoms with van der Waals surface area (Å²) in [6.45, 7) is 4.23. The van der Waals surface area contributed by atoms with Crippen molar-refractivity contribution in [3.8, 4) is 5.75 Å². The highest BCUT2D eigenvalue weighted by molar-refractivity contribution is 7.12. The molecule has 0 radical (unpaired) electrons. The number of ether oxygens (including phenoxy) is 1. The van der Waals surface area contributed by atoms with E-state index in [-0.39, 0.29) is 5.91 Å². The second-order valence-corrected chi connectivity index (χ2v) is 6.89. The first kappa shape index (κ1) is 16.1. The Morgan fingerprint density at radius 2 is 1.96 bits per heavy atom. The van der Waals surface area contributed by atoms with Crippen LogP contribution in [0.25, 0.3) is 0 Å². The number of amides is 1. The minimum Gasteiger partial charge on any atom is -0.492 e. The Kier molecular flexibility index (Phi) is 5.34. The van der Waals surface area contributed by atoms with Crippen molar-refractivity contribution >= 4 is 17.2 Å². The highest BCUT2D eigenvalue weighted by Crippen LogP contribution is 2.29. The highest BCUT2D eigenvalue weighted by Gasteiger charge is 2.26. The van der Waals surface area contributed by atoms with Gasteiger partial charge >= 0.3 is 0 Å². The van der Waals surface area contributed by atoms with Crippen LogP contribution < -0.4 is 4.74 Å². The average molecular weight is 329 g/mol. The summed E-state index contributed by atoms with van der Waals surface area (Å²) in [5, 5.41) is 1.93. The summed E-state index contributed by atoms with van der Waals surface area (Å²) in [6, 6.07) is 12.5. The van der Waals surface area contributed by atoms with Crippen molar-refractivity contribution < 1.29 is 9.53 Å². The predicted molar refractivity (Wildman–Crippen MR) is 94.3 cm³/mol. The minimum absolute atomic E-state index is 0.126. The van der Waals surface area contributed by atoms with Crippen molar-refractivity contribution in [1.29, 1.82) is 0 Å². The molecule has 0 N–H and O–H groups in total. The van der Waals surface area contributed by atoms with E-state index in [2.05, 4.69) is 30.3 Å². The molecule has 1 saturated heterocycles. The van der Waals surface area contributed by atoms with Gasteiger partial charge in [0.2, 0.25) is 0 Å². The van der Waals surface area contributed by atoms with Gasteiger partial charge < -0.3 is 9.64 Å². The lowest BCUT2D eigenvalue weighted by molar-refractivity contribution is 0.0692. The maximum absolute atomic E-state index is 12.7. The first-order chi connectivity index (χ1) is 11.3. The fraction of sp³-hybridized carbons (Fsp3) is 0.421. The van der Waals surface area contributed by atoms with Crippen LogP contribution >= 0.6 is 11.3 Å². The molecule has 1 aromatic heterocycles. The maximum Gasteiger partial charge on any atom is 0.267 e. The van der Waals surface area contributed by atoms with E-state index in [9.17, 15) is 4.79 Å². The first-order valence-corrected chi connectivity index (χ1v) is 9.19. The second-order valence-electron chi connectivity index (χ2n) is 5.97. The standard InChI is InChI=1S/C19H23NO2S/c1-2-22-17-10-13-23-18(17)19(21)20-11-8-16(9-12-20)14-15-6-4-3-5-7-15/h3-7,10,13,16H,2,8-9,11-12,14H2,1H3. The molecule has 0 aliphatic carbocycles. The zero-order valence-corrected chi connectivity index (χ0v) is 14.3. The Morgan fingerprint density at radius 1 is 1.22 bits per heavy atom. The van der Waals surface area contributed by atoms with Gasteiger partial charge in [0.15, 0.2) is 0 Å². The molecule has 2 aromatic rings. The van der Waals surface area contributed by atoms with Crippen molar-refractivity contribution in [3.05, 3.63) is 52.2 Å². The molecule has 122 valence electrons. The number of carbonyl (C=O) groups is 1. The molecule has 0 saturated carbocycles. The molecule has 23 heavy (non-hydrogen) atoms. The van der Waals surface area contributed by atoms with E-state index < -0.39 is 0 Å². The van der Waals surface area contributed by atoms with Crippen LogP contribution in [-0.2, 0) is 6.42 Å². The van der Waals surface area contributed by atoms with Crippen LogP contribution in [0.3, 0.4) is 0 Å². The maximum atomic E-state index is 12.7.